The number of carboxylic acid groups (broad SMARTS) is 1. The van der Waals surface area contributed by atoms with E-state index in [2.05, 4.69) is 4.72 Å². The molecule has 0 spiro atoms. The number of aromatic carboxylic acids is 1. The standard InChI is InChI=1S/C10H9Cl2NO4S/c11-5-3-7(10(14)15)9(12)8(4-5)18(16,17)13-6-1-2-6/h3-4,6,13H,1-2H2,(H,14,15). The van der Waals surface area contributed by atoms with Crippen LogP contribution < -0.4 is 4.72 Å². The summed E-state index contributed by atoms with van der Waals surface area (Å²) in [6, 6.07) is 2.15. The zero-order valence-corrected chi connectivity index (χ0v) is 11.3. The van der Waals surface area contributed by atoms with E-state index in [4.69, 9.17) is 28.3 Å². The van der Waals surface area contributed by atoms with Crippen LogP contribution in [0.25, 0.3) is 0 Å². The molecule has 8 heteroatoms. The van der Waals surface area contributed by atoms with Crippen molar-refractivity contribution in [2.75, 3.05) is 0 Å². The first-order chi connectivity index (χ1) is 8.31. The summed E-state index contributed by atoms with van der Waals surface area (Å²) < 4.78 is 26.4. The molecule has 0 aromatic heterocycles. The number of carboxylic acids is 1. The van der Waals surface area contributed by atoms with Gasteiger partial charge in [-0.15, -0.1) is 0 Å². The summed E-state index contributed by atoms with van der Waals surface area (Å²) in [7, 11) is -3.84. The summed E-state index contributed by atoms with van der Waals surface area (Å²) in [5.41, 5.74) is -0.333. The van der Waals surface area contributed by atoms with E-state index in [1.165, 1.54) is 0 Å². The number of halogens is 2. The topological polar surface area (TPSA) is 83.5 Å². The molecule has 2 rings (SSSR count). The molecule has 0 unspecified atom stereocenters. The molecular formula is C10H9Cl2NO4S. The molecule has 0 saturated heterocycles. The van der Waals surface area contributed by atoms with Crippen LogP contribution in [0.3, 0.4) is 0 Å². The molecule has 0 amide bonds. The van der Waals surface area contributed by atoms with E-state index < -0.39 is 16.0 Å². The Hall–Kier alpha value is -0.820. The summed E-state index contributed by atoms with van der Waals surface area (Å²) in [6.07, 6.45) is 1.53. The second-order valence-corrected chi connectivity index (χ2v) is 6.46. The predicted octanol–water partition coefficient (Wildman–Crippen LogP) is 2.13. The van der Waals surface area contributed by atoms with Gasteiger partial charge in [0, 0.05) is 11.1 Å². The van der Waals surface area contributed by atoms with Gasteiger partial charge in [-0.05, 0) is 25.0 Å². The normalized spacial score (nSPS) is 15.7. The lowest BCUT2D eigenvalue weighted by molar-refractivity contribution is 0.0697. The molecule has 1 aliphatic rings. The van der Waals surface area contributed by atoms with E-state index in [1.807, 2.05) is 0 Å². The fourth-order valence-electron chi connectivity index (χ4n) is 1.40. The van der Waals surface area contributed by atoms with Crippen LogP contribution in [0, 0.1) is 0 Å². The molecule has 5 nitrogen and oxygen atoms in total. The summed E-state index contributed by atoms with van der Waals surface area (Å²) in [6.45, 7) is 0. The third kappa shape index (κ3) is 2.77. The van der Waals surface area contributed by atoms with Crippen molar-refractivity contribution in [1.82, 2.24) is 4.72 Å². The minimum Gasteiger partial charge on any atom is -0.478 e. The zero-order valence-electron chi connectivity index (χ0n) is 8.98. The number of nitrogens with one attached hydrogen (secondary N) is 1. The van der Waals surface area contributed by atoms with E-state index in [9.17, 15) is 13.2 Å². The first kappa shape index (κ1) is 13.6. The number of sulfonamides is 1. The maximum atomic E-state index is 12.0. The molecule has 1 aliphatic carbocycles. The third-order valence-corrected chi connectivity index (χ3v) is 4.71. The van der Waals surface area contributed by atoms with Crippen LogP contribution in [0.4, 0.5) is 0 Å². The van der Waals surface area contributed by atoms with Crippen LogP contribution in [0.1, 0.15) is 23.2 Å². The predicted molar refractivity (Wildman–Crippen MR) is 66.8 cm³/mol. The van der Waals surface area contributed by atoms with E-state index in [0.29, 0.717) is 0 Å². The van der Waals surface area contributed by atoms with Crippen molar-refractivity contribution in [2.45, 2.75) is 23.8 Å². The Labute approximate surface area is 114 Å². The molecule has 1 aromatic rings. The highest BCUT2D eigenvalue weighted by Gasteiger charge is 2.30. The minimum atomic E-state index is -3.84. The Morgan fingerprint density at radius 3 is 2.44 bits per heavy atom. The van der Waals surface area contributed by atoms with Crippen LogP contribution in [0.2, 0.25) is 10.0 Å². The van der Waals surface area contributed by atoms with Crippen molar-refractivity contribution < 1.29 is 18.3 Å². The van der Waals surface area contributed by atoms with Gasteiger partial charge in [0.2, 0.25) is 10.0 Å². The average molecular weight is 310 g/mol. The summed E-state index contributed by atoms with van der Waals surface area (Å²) >= 11 is 11.5. The number of hydrogen-bond donors (Lipinski definition) is 2. The molecular weight excluding hydrogens is 301 g/mol. The van der Waals surface area contributed by atoms with Crippen molar-refractivity contribution in [1.29, 1.82) is 0 Å². The monoisotopic (exact) mass is 309 g/mol. The van der Waals surface area contributed by atoms with Crippen molar-refractivity contribution >= 4 is 39.2 Å². The highest BCUT2D eigenvalue weighted by molar-refractivity contribution is 7.89. The number of carbonyl (C=O) groups is 1. The fourth-order valence-corrected chi connectivity index (χ4v) is 3.61. The molecule has 1 aromatic carbocycles. The van der Waals surface area contributed by atoms with Gasteiger partial charge in [0.05, 0.1) is 10.6 Å². The second-order valence-electron chi connectivity index (χ2n) is 3.97. The molecule has 1 fully saturated rings. The number of hydrogen-bond acceptors (Lipinski definition) is 3. The quantitative estimate of drug-likeness (QED) is 0.892. The minimum absolute atomic E-state index is 0.00738. The first-order valence-corrected chi connectivity index (χ1v) is 7.30. The molecule has 0 radical (unpaired) electrons. The third-order valence-electron chi connectivity index (χ3n) is 2.42. The highest BCUT2D eigenvalue weighted by Crippen LogP contribution is 2.31. The van der Waals surface area contributed by atoms with Gasteiger partial charge in [0.15, 0.2) is 0 Å². The van der Waals surface area contributed by atoms with Gasteiger partial charge in [0.1, 0.15) is 4.90 Å². The lowest BCUT2D eigenvalue weighted by Crippen LogP contribution is -2.26. The molecule has 2 N–H and O–H groups in total. The average Bonchev–Trinajstić information content (AvgIpc) is 3.03. The maximum Gasteiger partial charge on any atom is 0.337 e. The summed E-state index contributed by atoms with van der Waals surface area (Å²) in [5, 5.41) is 8.59. The number of rotatable bonds is 4. The van der Waals surface area contributed by atoms with Crippen molar-refractivity contribution in [3.8, 4) is 0 Å². The van der Waals surface area contributed by atoms with Crippen LogP contribution in [0.15, 0.2) is 17.0 Å². The summed E-state index contributed by atoms with van der Waals surface area (Å²) in [4.78, 5) is 10.6. The van der Waals surface area contributed by atoms with E-state index in [0.717, 1.165) is 25.0 Å². The van der Waals surface area contributed by atoms with Crippen molar-refractivity contribution in [3.05, 3.63) is 27.7 Å². The van der Waals surface area contributed by atoms with Crippen LogP contribution >= 0.6 is 23.2 Å². The smallest absolute Gasteiger partial charge is 0.337 e. The highest BCUT2D eigenvalue weighted by atomic mass is 35.5. The molecule has 0 heterocycles. The molecule has 0 bridgehead atoms. The van der Waals surface area contributed by atoms with Gasteiger partial charge in [-0.25, -0.2) is 17.9 Å². The van der Waals surface area contributed by atoms with Gasteiger partial charge in [-0.2, -0.15) is 0 Å². The lowest BCUT2D eigenvalue weighted by Gasteiger charge is -2.09. The molecule has 0 aliphatic heterocycles. The van der Waals surface area contributed by atoms with Crippen molar-refractivity contribution in [2.24, 2.45) is 0 Å². The van der Waals surface area contributed by atoms with Crippen molar-refractivity contribution in [3.63, 3.8) is 0 Å². The van der Waals surface area contributed by atoms with Crippen LogP contribution in [-0.4, -0.2) is 25.5 Å². The van der Waals surface area contributed by atoms with Gasteiger partial charge in [0.25, 0.3) is 0 Å². The van der Waals surface area contributed by atoms with E-state index >= 15 is 0 Å². The molecule has 0 atom stereocenters. The Morgan fingerprint density at radius 2 is 1.94 bits per heavy atom. The van der Waals surface area contributed by atoms with E-state index in [1.54, 1.807) is 0 Å². The Kier molecular flexibility index (Phi) is 3.55. The largest absolute Gasteiger partial charge is 0.478 e. The Balaban J connectivity index is 2.52. The summed E-state index contributed by atoms with van der Waals surface area (Å²) in [5.74, 6) is -1.33. The van der Waals surface area contributed by atoms with Gasteiger partial charge < -0.3 is 5.11 Å². The van der Waals surface area contributed by atoms with Gasteiger partial charge in [-0.3, -0.25) is 0 Å². The molecule has 1 saturated carbocycles. The molecule has 18 heavy (non-hydrogen) atoms. The van der Waals surface area contributed by atoms with E-state index in [-0.39, 0.29) is 26.5 Å². The van der Waals surface area contributed by atoms with Crippen LogP contribution in [-0.2, 0) is 10.0 Å². The zero-order chi connectivity index (χ0) is 13.5. The first-order valence-electron chi connectivity index (χ1n) is 5.06. The molecule has 98 valence electrons. The Morgan fingerprint density at radius 1 is 1.33 bits per heavy atom. The SMILES string of the molecule is O=C(O)c1cc(Cl)cc(S(=O)(=O)NC2CC2)c1Cl. The van der Waals surface area contributed by atoms with Gasteiger partial charge >= 0.3 is 5.97 Å². The Bertz CT molecular complexity index is 611. The fraction of sp³-hybridized carbons (Fsp3) is 0.300. The second kappa shape index (κ2) is 4.70. The lowest BCUT2D eigenvalue weighted by atomic mass is 10.2. The number of benzene rings is 1. The van der Waals surface area contributed by atoms with Gasteiger partial charge in [-0.1, -0.05) is 23.2 Å². The van der Waals surface area contributed by atoms with Crippen LogP contribution in [0.5, 0.6) is 0 Å². The maximum absolute atomic E-state index is 12.0.